The maximum Gasteiger partial charge on any atom is 0.123 e. The van der Waals surface area contributed by atoms with Gasteiger partial charge >= 0.3 is 0 Å². The van der Waals surface area contributed by atoms with Gasteiger partial charge in [-0.2, -0.15) is 0 Å². The van der Waals surface area contributed by atoms with Gasteiger partial charge in [-0.3, -0.25) is 9.80 Å². The number of aliphatic hydroxyl groups is 1. The fourth-order valence-corrected chi connectivity index (χ4v) is 5.75. The van der Waals surface area contributed by atoms with Crippen LogP contribution in [0.5, 0.6) is 0 Å². The quantitative estimate of drug-likeness (QED) is 0.537. The maximum absolute atomic E-state index is 13.7. The molecular formula is C30H34FN2O. The van der Waals surface area contributed by atoms with Gasteiger partial charge in [0.1, 0.15) is 11.4 Å². The van der Waals surface area contributed by atoms with E-state index in [1.807, 2.05) is 6.07 Å². The van der Waals surface area contributed by atoms with Crippen molar-refractivity contribution in [2.24, 2.45) is 5.92 Å². The Labute approximate surface area is 202 Å². The second-order valence-electron chi connectivity index (χ2n) is 9.93. The number of likely N-dealkylation sites (tertiary alicyclic amines) is 2. The van der Waals surface area contributed by atoms with Crippen LogP contribution in [0, 0.1) is 18.2 Å². The zero-order valence-corrected chi connectivity index (χ0v) is 19.7. The number of β-amino-alcohol motifs (C(OH)–C–C–N with tert-alkyl or cyclic N) is 1. The lowest BCUT2D eigenvalue weighted by molar-refractivity contribution is -0.0125. The molecule has 177 valence electrons. The van der Waals surface area contributed by atoms with Crippen LogP contribution >= 0.6 is 0 Å². The Morgan fingerprint density at radius 3 is 2.26 bits per heavy atom. The van der Waals surface area contributed by atoms with Crippen LogP contribution in [-0.2, 0) is 18.6 Å². The summed E-state index contributed by atoms with van der Waals surface area (Å²) >= 11 is 0. The molecule has 0 amide bonds. The fraction of sp³-hybridized carbons (Fsp3) is 0.367. The van der Waals surface area contributed by atoms with Crippen molar-refractivity contribution in [3.05, 3.63) is 114 Å². The Kier molecular flexibility index (Phi) is 7.10. The van der Waals surface area contributed by atoms with Crippen LogP contribution in [0.25, 0.3) is 0 Å². The average Bonchev–Trinajstić information content (AvgIpc) is 3.17. The van der Waals surface area contributed by atoms with Gasteiger partial charge in [0.15, 0.2) is 0 Å². The molecule has 0 aromatic heterocycles. The zero-order chi connectivity index (χ0) is 23.4. The van der Waals surface area contributed by atoms with E-state index in [0.29, 0.717) is 12.6 Å². The molecule has 2 saturated heterocycles. The summed E-state index contributed by atoms with van der Waals surface area (Å²) in [6, 6.07) is 28.0. The van der Waals surface area contributed by atoms with Crippen LogP contribution < -0.4 is 0 Å². The highest BCUT2D eigenvalue weighted by atomic mass is 19.1. The van der Waals surface area contributed by atoms with Gasteiger partial charge in [0, 0.05) is 38.1 Å². The zero-order valence-electron chi connectivity index (χ0n) is 19.7. The van der Waals surface area contributed by atoms with Gasteiger partial charge in [0.05, 0.1) is 0 Å². The standard InChI is InChI=1S/C30H34FN2O/c31-28-16-14-26(15-17-28)30(34)23-32(20-25-11-5-2-6-12-25)21-27(30)22-33-18-8-7-13-29(33)19-24-9-3-1-4-10-24/h1-7,9-12,14-17,27,29,34H,8,13,18-23H2. The summed E-state index contributed by atoms with van der Waals surface area (Å²) in [5.41, 5.74) is 2.43. The lowest BCUT2D eigenvalue weighted by atomic mass is 9.82. The first-order chi connectivity index (χ1) is 16.6. The van der Waals surface area contributed by atoms with Crippen LogP contribution in [0.4, 0.5) is 4.39 Å². The Hall–Kier alpha value is -2.53. The van der Waals surface area contributed by atoms with Crippen molar-refractivity contribution in [3.63, 3.8) is 0 Å². The van der Waals surface area contributed by atoms with E-state index in [-0.39, 0.29) is 11.7 Å². The summed E-state index contributed by atoms with van der Waals surface area (Å²) in [6.45, 7) is 4.04. The van der Waals surface area contributed by atoms with Crippen molar-refractivity contribution in [1.82, 2.24) is 9.80 Å². The summed E-state index contributed by atoms with van der Waals surface area (Å²) in [7, 11) is 0. The summed E-state index contributed by atoms with van der Waals surface area (Å²) in [5, 5.41) is 12.1. The largest absolute Gasteiger partial charge is 0.383 e. The summed E-state index contributed by atoms with van der Waals surface area (Å²) in [5.74, 6) is -0.212. The molecule has 0 saturated carbocycles. The van der Waals surface area contributed by atoms with Crippen molar-refractivity contribution in [1.29, 1.82) is 0 Å². The Balaban J connectivity index is 1.37. The second kappa shape index (κ2) is 10.4. The first-order valence-electron chi connectivity index (χ1n) is 12.4. The number of nitrogens with zero attached hydrogens (tertiary/aromatic N) is 2. The SMILES string of the molecule is OC1(c2ccc(F)cc2)CN(Cc2ccccc2)CC1CN1CC[CH]CC1Cc1ccccc1. The third-order valence-corrected chi connectivity index (χ3v) is 7.56. The molecule has 3 unspecified atom stereocenters. The van der Waals surface area contributed by atoms with Gasteiger partial charge in [-0.05, 0) is 61.1 Å². The van der Waals surface area contributed by atoms with Crippen molar-refractivity contribution < 1.29 is 9.50 Å². The van der Waals surface area contributed by atoms with Crippen molar-refractivity contribution >= 4 is 0 Å². The molecule has 2 aliphatic rings. The Morgan fingerprint density at radius 1 is 0.882 bits per heavy atom. The van der Waals surface area contributed by atoms with Gasteiger partial charge in [-0.25, -0.2) is 4.39 Å². The molecule has 3 aromatic carbocycles. The van der Waals surface area contributed by atoms with E-state index in [9.17, 15) is 9.50 Å². The smallest absolute Gasteiger partial charge is 0.123 e. The Morgan fingerprint density at radius 2 is 1.56 bits per heavy atom. The minimum Gasteiger partial charge on any atom is -0.383 e. The predicted molar refractivity (Wildman–Crippen MR) is 135 cm³/mol. The van der Waals surface area contributed by atoms with Gasteiger partial charge in [-0.1, -0.05) is 72.8 Å². The number of rotatable bonds is 7. The molecule has 0 bridgehead atoms. The molecule has 3 atom stereocenters. The number of hydrogen-bond donors (Lipinski definition) is 1. The van der Waals surface area contributed by atoms with Gasteiger partial charge < -0.3 is 5.11 Å². The van der Waals surface area contributed by atoms with E-state index >= 15 is 0 Å². The van der Waals surface area contributed by atoms with Crippen molar-refractivity contribution in [3.8, 4) is 0 Å². The first kappa shape index (κ1) is 23.2. The average molecular weight is 458 g/mol. The minimum atomic E-state index is -0.999. The summed E-state index contributed by atoms with van der Waals surface area (Å²) < 4.78 is 13.7. The molecule has 5 rings (SSSR count). The number of piperidine rings is 1. The van der Waals surface area contributed by atoms with Gasteiger partial charge in [0.25, 0.3) is 0 Å². The molecule has 2 fully saturated rings. The Bertz CT molecular complexity index is 1040. The maximum atomic E-state index is 13.7. The van der Waals surface area contributed by atoms with Crippen LogP contribution in [0.3, 0.4) is 0 Å². The molecular weight excluding hydrogens is 423 g/mol. The van der Waals surface area contributed by atoms with E-state index in [2.05, 4.69) is 70.8 Å². The highest BCUT2D eigenvalue weighted by Gasteiger charge is 2.47. The van der Waals surface area contributed by atoms with Crippen LogP contribution in [-0.4, -0.2) is 47.1 Å². The van der Waals surface area contributed by atoms with E-state index in [0.717, 1.165) is 51.0 Å². The lowest BCUT2D eigenvalue weighted by Gasteiger charge is -2.40. The van der Waals surface area contributed by atoms with E-state index in [1.54, 1.807) is 12.1 Å². The van der Waals surface area contributed by atoms with Crippen LogP contribution in [0.1, 0.15) is 29.5 Å². The predicted octanol–water partition coefficient (Wildman–Crippen LogP) is 5.06. The normalized spacial score (nSPS) is 26.1. The summed E-state index contributed by atoms with van der Waals surface area (Å²) in [4.78, 5) is 4.93. The highest BCUT2D eigenvalue weighted by molar-refractivity contribution is 5.27. The second-order valence-corrected chi connectivity index (χ2v) is 9.93. The fourth-order valence-electron chi connectivity index (χ4n) is 5.75. The van der Waals surface area contributed by atoms with E-state index in [4.69, 9.17) is 0 Å². The monoisotopic (exact) mass is 457 g/mol. The minimum absolute atomic E-state index is 0.0537. The van der Waals surface area contributed by atoms with Crippen LogP contribution in [0.15, 0.2) is 84.9 Å². The molecule has 4 heteroatoms. The summed E-state index contributed by atoms with van der Waals surface area (Å²) in [6.07, 6.45) is 5.59. The first-order valence-corrected chi connectivity index (χ1v) is 12.4. The molecule has 34 heavy (non-hydrogen) atoms. The number of hydrogen-bond acceptors (Lipinski definition) is 3. The molecule has 3 aromatic rings. The third kappa shape index (κ3) is 5.25. The van der Waals surface area contributed by atoms with Crippen molar-refractivity contribution in [2.75, 3.05) is 26.2 Å². The molecule has 1 N–H and O–H groups in total. The third-order valence-electron chi connectivity index (χ3n) is 7.56. The van der Waals surface area contributed by atoms with Crippen molar-refractivity contribution in [2.45, 2.75) is 37.5 Å². The number of halogens is 1. The number of benzene rings is 3. The molecule has 2 aliphatic heterocycles. The topological polar surface area (TPSA) is 26.7 Å². The molecule has 0 aliphatic carbocycles. The van der Waals surface area contributed by atoms with E-state index in [1.165, 1.54) is 23.3 Å². The van der Waals surface area contributed by atoms with Gasteiger partial charge in [-0.15, -0.1) is 0 Å². The molecule has 2 heterocycles. The molecule has 1 radical (unpaired) electrons. The van der Waals surface area contributed by atoms with Crippen LogP contribution in [0.2, 0.25) is 0 Å². The van der Waals surface area contributed by atoms with E-state index < -0.39 is 5.60 Å². The lowest BCUT2D eigenvalue weighted by Crippen LogP contribution is -2.48. The highest BCUT2D eigenvalue weighted by Crippen LogP contribution is 2.39. The van der Waals surface area contributed by atoms with Gasteiger partial charge in [0.2, 0.25) is 0 Å². The molecule has 3 nitrogen and oxygen atoms in total. The molecule has 0 spiro atoms.